The van der Waals surface area contributed by atoms with Crippen molar-refractivity contribution in [1.82, 2.24) is 9.78 Å². The molecule has 0 saturated carbocycles. The average molecular weight is 281 g/mol. The SMILES string of the molecule is CCCCOC(=O)c1c(CCCC)nn(CCC)c1N. The summed E-state index contributed by atoms with van der Waals surface area (Å²) in [6.45, 7) is 7.42. The summed E-state index contributed by atoms with van der Waals surface area (Å²) in [5.41, 5.74) is 7.32. The molecule has 1 heterocycles. The van der Waals surface area contributed by atoms with Gasteiger partial charge in [0.05, 0.1) is 12.3 Å². The molecule has 5 nitrogen and oxygen atoms in total. The summed E-state index contributed by atoms with van der Waals surface area (Å²) in [4.78, 5) is 12.2. The van der Waals surface area contributed by atoms with E-state index in [0.717, 1.165) is 50.8 Å². The van der Waals surface area contributed by atoms with Crippen LogP contribution in [-0.4, -0.2) is 22.4 Å². The number of ether oxygens (including phenoxy) is 1. The van der Waals surface area contributed by atoms with E-state index in [1.807, 2.05) is 0 Å². The monoisotopic (exact) mass is 281 g/mol. The first-order chi connectivity index (χ1) is 9.65. The van der Waals surface area contributed by atoms with E-state index < -0.39 is 0 Å². The lowest BCUT2D eigenvalue weighted by molar-refractivity contribution is 0.0499. The second-order valence-corrected chi connectivity index (χ2v) is 5.02. The van der Waals surface area contributed by atoms with Crippen molar-refractivity contribution in [3.63, 3.8) is 0 Å². The van der Waals surface area contributed by atoms with Gasteiger partial charge in [-0.2, -0.15) is 5.10 Å². The molecule has 0 radical (unpaired) electrons. The van der Waals surface area contributed by atoms with Crippen LogP contribution in [0.3, 0.4) is 0 Å². The molecule has 0 fully saturated rings. The number of hydrogen-bond acceptors (Lipinski definition) is 4. The fraction of sp³-hybridized carbons (Fsp3) is 0.733. The summed E-state index contributed by atoms with van der Waals surface area (Å²) in [7, 11) is 0. The third-order valence-corrected chi connectivity index (χ3v) is 3.20. The number of rotatable bonds is 9. The normalized spacial score (nSPS) is 10.8. The van der Waals surface area contributed by atoms with Crippen LogP contribution in [0.1, 0.15) is 68.9 Å². The standard InChI is InChI=1S/C15H27N3O2/c1-4-7-9-12-13(15(19)20-11-8-5-2)14(16)18(17-12)10-6-3/h4-11,16H2,1-3H3. The Bertz CT molecular complexity index is 427. The van der Waals surface area contributed by atoms with Gasteiger partial charge in [-0.15, -0.1) is 0 Å². The summed E-state index contributed by atoms with van der Waals surface area (Å²) in [6, 6.07) is 0. The number of carbonyl (C=O) groups excluding carboxylic acids is 1. The molecule has 0 aromatic carbocycles. The van der Waals surface area contributed by atoms with E-state index in [1.165, 1.54) is 0 Å². The molecule has 0 saturated heterocycles. The third-order valence-electron chi connectivity index (χ3n) is 3.20. The van der Waals surface area contributed by atoms with E-state index in [0.29, 0.717) is 18.0 Å². The van der Waals surface area contributed by atoms with Gasteiger partial charge < -0.3 is 10.5 Å². The van der Waals surface area contributed by atoms with Crippen LogP contribution in [0.4, 0.5) is 5.82 Å². The average Bonchev–Trinajstić information content (AvgIpc) is 2.74. The number of nitrogen functional groups attached to an aromatic ring is 1. The lowest BCUT2D eigenvalue weighted by atomic mass is 10.1. The lowest BCUT2D eigenvalue weighted by Crippen LogP contribution is -2.11. The molecule has 5 heteroatoms. The first-order valence-corrected chi connectivity index (χ1v) is 7.67. The highest BCUT2D eigenvalue weighted by Crippen LogP contribution is 2.20. The van der Waals surface area contributed by atoms with Crippen molar-refractivity contribution in [2.75, 3.05) is 12.3 Å². The lowest BCUT2D eigenvalue weighted by Gasteiger charge is -2.05. The second-order valence-electron chi connectivity index (χ2n) is 5.02. The first-order valence-electron chi connectivity index (χ1n) is 7.67. The van der Waals surface area contributed by atoms with Gasteiger partial charge in [-0.05, 0) is 25.7 Å². The Hall–Kier alpha value is -1.52. The van der Waals surface area contributed by atoms with Gasteiger partial charge in [-0.3, -0.25) is 0 Å². The molecule has 1 aromatic rings. The van der Waals surface area contributed by atoms with Gasteiger partial charge in [0.15, 0.2) is 0 Å². The van der Waals surface area contributed by atoms with Crippen LogP contribution in [0.2, 0.25) is 0 Å². The zero-order valence-electron chi connectivity index (χ0n) is 12.9. The molecule has 0 aliphatic rings. The van der Waals surface area contributed by atoms with Crippen LogP contribution in [-0.2, 0) is 17.7 Å². The summed E-state index contributed by atoms with van der Waals surface area (Å²) in [5, 5.41) is 4.48. The Balaban J connectivity index is 2.91. The number of esters is 1. The van der Waals surface area contributed by atoms with E-state index in [9.17, 15) is 4.79 Å². The maximum absolute atomic E-state index is 12.2. The third kappa shape index (κ3) is 4.25. The number of hydrogen-bond donors (Lipinski definition) is 1. The minimum Gasteiger partial charge on any atom is -0.462 e. The van der Waals surface area contributed by atoms with Crippen molar-refractivity contribution >= 4 is 11.8 Å². The Labute approximate surface area is 121 Å². The van der Waals surface area contributed by atoms with Gasteiger partial charge in [0.25, 0.3) is 0 Å². The number of nitrogens with two attached hydrogens (primary N) is 1. The summed E-state index contributed by atoms with van der Waals surface area (Å²) < 4.78 is 7.01. The number of anilines is 1. The van der Waals surface area contributed by atoms with Crippen molar-refractivity contribution in [3.8, 4) is 0 Å². The highest BCUT2D eigenvalue weighted by molar-refractivity contribution is 5.95. The van der Waals surface area contributed by atoms with E-state index in [-0.39, 0.29) is 5.97 Å². The molecule has 0 aliphatic heterocycles. The van der Waals surface area contributed by atoms with Crippen LogP contribution < -0.4 is 5.73 Å². The highest BCUT2D eigenvalue weighted by atomic mass is 16.5. The minimum atomic E-state index is -0.329. The summed E-state index contributed by atoms with van der Waals surface area (Å²) in [5.74, 6) is 0.115. The molecule has 0 atom stereocenters. The smallest absolute Gasteiger partial charge is 0.343 e. The predicted molar refractivity (Wildman–Crippen MR) is 80.7 cm³/mol. The molecule has 0 bridgehead atoms. The van der Waals surface area contributed by atoms with Gasteiger partial charge in [-0.25, -0.2) is 9.48 Å². The number of carbonyl (C=O) groups is 1. The number of aromatic nitrogens is 2. The molecule has 0 aliphatic carbocycles. The Kier molecular flexibility index (Phi) is 7.12. The number of aryl methyl sites for hydroxylation is 2. The minimum absolute atomic E-state index is 0.329. The molecular formula is C15H27N3O2. The molecule has 114 valence electrons. The Morgan fingerprint density at radius 2 is 1.90 bits per heavy atom. The number of unbranched alkanes of at least 4 members (excludes halogenated alkanes) is 2. The van der Waals surface area contributed by atoms with E-state index in [2.05, 4.69) is 25.9 Å². The van der Waals surface area contributed by atoms with Crippen LogP contribution in [0.25, 0.3) is 0 Å². The van der Waals surface area contributed by atoms with Crippen LogP contribution >= 0.6 is 0 Å². The molecule has 20 heavy (non-hydrogen) atoms. The highest BCUT2D eigenvalue weighted by Gasteiger charge is 2.22. The molecule has 2 N–H and O–H groups in total. The quantitative estimate of drug-likeness (QED) is 0.557. The Morgan fingerprint density at radius 3 is 2.50 bits per heavy atom. The fourth-order valence-corrected chi connectivity index (χ4v) is 2.03. The van der Waals surface area contributed by atoms with Crippen LogP contribution in [0, 0.1) is 0 Å². The fourth-order valence-electron chi connectivity index (χ4n) is 2.03. The number of nitrogens with zero attached hydrogens (tertiary/aromatic N) is 2. The maximum Gasteiger partial charge on any atom is 0.343 e. The topological polar surface area (TPSA) is 70.1 Å². The van der Waals surface area contributed by atoms with Gasteiger partial charge in [0.2, 0.25) is 0 Å². The summed E-state index contributed by atoms with van der Waals surface area (Å²) in [6.07, 6.45) is 5.64. The maximum atomic E-state index is 12.2. The Morgan fingerprint density at radius 1 is 1.20 bits per heavy atom. The van der Waals surface area contributed by atoms with E-state index in [1.54, 1.807) is 4.68 Å². The second kappa shape index (κ2) is 8.61. The molecule has 0 amide bonds. The summed E-state index contributed by atoms with van der Waals surface area (Å²) >= 11 is 0. The van der Waals surface area contributed by atoms with Gasteiger partial charge >= 0.3 is 5.97 Å². The molecule has 0 unspecified atom stereocenters. The van der Waals surface area contributed by atoms with Crippen LogP contribution in [0.15, 0.2) is 0 Å². The molecule has 1 aromatic heterocycles. The predicted octanol–water partition coefficient (Wildman–Crippen LogP) is 3.17. The first kappa shape index (κ1) is 16.5. The van der Waals surface area contributed by atoms with Gasteiger partial charge in [-0.1, -0.05) is 33.6 Å². The zero-order valence-corrected chi connectivity index (χ0v) is 12.9. The largest absolute Gasteiger partial charge is 0.462 e. The zero-order chi connectivity index (χ0) is 15.0. The van der Waals surface area contributed by atoms with Crippen molar-refractivity contribution in [2.45, 2.75) is 65.8 Å². The van der Waals surface area contributed by atoms with Gasteiger partial charge in [0, 0.05) is 6.54 Å². The van der Waals surface area contributed by atoms with E-state index in [4.69, 9.17) is 10.5 Å². The van der Waals surface area contributed by atoms with Crippen LogP contribution in [0.5, 0.6) is 0 Å². The van der Waals surface area contributed by atoms with Crippen molar-refractivity contribution in [2.24, 2.45) is 0 Å². The van der Waals surface area contributed by atoms with Gasteiger partial charge in [0.1, 0.15) is 11.4 Å². The van der Waals surface area contributed by atoms with Crippen molar-refractivity contribution < 1.29 is 9.53 Å². The van der Waals surface area contributed by atoms with Crippen molar-refractivity contribution in [3.05, 3.63) is 11.3 Å². The molecular weight excluding hydrogens is 254 g/mol. The van der Waals surface area contributed by atoms with E-state index >= 15 is 0 Å². The molecule has 0 spiro atoms. The van der Waals surface area contributed by atoms with Crippen molar-refractivity contribution in [1.29, 1.82) is 0 Å². The molecule has 1 rings (SSSR count).